The first kappa shape index (κ1) is 15.6. The van der Waals surface area contributed by atoms with Crippen molar-refractivity contribution in [1.29, 1.82) is 0 Å². The van der Waals surface area contributed by atoms with Crippen molar-refractivity contribution < 1.29 is 13.2 Å². The fourth-order valence-corrected chi connectivity index (χ4v) is 2.33. The maximum absolute atomic E-state index is 13.9. The van der Waals surface area contributed by atoms with E-state index in [-0.39, 0.29) is 11.9 Å². The van der Waals surface area contributed by atoms with Gasteiger partial charge in [-0.25, -0.2) is 13.2 Å². The highest BCUT2D eigenvalue weighted by Gasteiger charge is 2.16. The van der Waals surface area contributed by atoms with E-state index in [1.54, 1.807) is 18.2 Å². The summed E-state index contributed by atoms with van der Waals surface area (Å²) in [5.41, 5.74) is 1.01. The van der Waals surface area contributed by atoms with Gasteiger partial charge in [-0.05, 0) is 43.1 Å². The van der Waals surface area contributed by atoms with E-state index in [0.717, 1.165) is 12.5 Å². The second kappa shape index (κ2) is 7.27. The van der Waals surface area contributed by atoms with Crippen LogP contribution in [-0.4, -0.2) is 6.54 Å². The molecule has 4 heteroatoms. The quantitative estimate of drug-likeness (QED) is 0.833. The third kappa shape index (κ3) is 4.33. The van der Waals surface area contributed by atoms with Gasteiger partial charge in [-0.3, -0.25) is 0 Å². The first-order chi connectivity index (χ1) is 10.1. The summed E-state index contributed by atoms with van der Waals surface area (Å²) in [5.74, 6) is -1.55. The first-order valence-corrected chi connectivity index (χ1v) is 7.03. The van der Waals surface area contributed by atoms with Crippen LogP contribution in [-0.2, 0) is 6.42 Å². The second-order valence-electron chi connectivity index (χ2n) is 5.01. The van der Waals surface area contributed by atoms with Gasteiger partial charge in [-0.15, -0.1) is 0 Å². The molecule has 0 spiro atoms. The fraction of sp³-hybridized carbons (Fsp3) is 0.294. The van der Waals surface area contributed by atoms with Gasteiger partial charge in [0.2, 0.25) is 0 Å². The van der Waals surface area contributed by atoms with Crippen molar-refractivity contribution in [1.82, 2.24) is 5.32 Å². The van der Waals surface area contributed by atoms with E-state index in [0.29, 0.717) is 24.1 Å². The lowest BCUT2D eigenvalue weighted by Gasteiger charge is -2.20. The smallest absolute Gasteiger partial charge is 0.127 e. The van der Waals surface area contributed by atoms with Gasteiger partial charge in [0, 0.05) is 17.7 Å². The Morgan fingerprint density at radius 2 is 1.67 bits per heavy atom. The van der Waals surface area contributed by atoms with Gasteiger partial charge < -0.3 is 5.32 Å². The molecule has 0 saturated carbocycles. The molecule has 0 fully saturated rings. The molecule has 1 atom stereocenters. The van der Waals surface area contributed by atoms with E-state index in [2.05, 4.69) is 5.32 Å². The summed E-state index contributed by atoms with van der Waals surface area (Å²) in [7, 11) is 0. The van der Waals surface area contributed by atoms with Gasteiger partial charge in [0.15, 0.2) is 0 Å². The fourth-order valence-electron chi connectivity index (χ4n) is 2.33. The van der Waals surface area contributed by atoms with Crippen molar-refractivity contribution in [3.05, 3.63) is 71.0 Å². The molecule has 0 bridgehead atoms. The Morgan fingerprint density at radius 3 is 2.29 bits per heavy atom. The zero-order chi connectivity index (χ0) is 15.2. The van der Waals surface area contributed by atoms with Gasteiger partial charge in [0.05, 0.1) is 0 Å². The van der Waals surface area contributed by atoms with Gasteiger partial charge in [-0.2, -0.15) is 0 Å². The molecule has 0 heterocycles. The molecule has 1 nitrogen and oxygen atoms in total. The van der Waals surface area contributed by atoms with Crippen molar-refractivity contribution in [3.8, 4) is 0 Å². The lowest BCUT2D eigenvalue weighted by atomic mass is 9.98. The van der Waals surface area contributed by atoms with E-state index in [9.17, 15) is 13.2 Å². The van der Waals surface area contributed by atoms with Crippen LogP contribution >= 0.6 is 0 Å². The molecule has 112 valence electrons. The van der Waals surface area contributed by atoms with Crippen LogP contribution in [0.5, 0.6) is 0 Å². The predicted octanol–water partition coefficient (Wildman–Crippen LogP) is 4.39. The zero-order valence-electron chi connectivity index (χ0n) is 11.9. The Hall–Kier alpha value is -1.81. The summed E-state index contributed by atoms with van der Waals surface area (Å²) in [6, 6.07) is 9.55. The molecule has 0 aliphatic heterocycles. The maximum atomic E-state index is 13.9. The van der Waals surface area contributed by atoms with Crippen molar-refractivity contribution in [2.75, 3.05) is 6.54 Å². The normalized spacial score (nSPS) is 12.4. The highest BCUT2D eigenvalue weighted by Crippen LogP contribution is 2.22. The van der Waals surface area contributed by atoms with Crippen LogP contribution in [0.3, 0.4) is 0 Å². The Kier molecular flexibility index (Phi) is 5.39. The van der Waals surface area contributed by atoms with Gasteiger partial charge in [0.1, 0.15) is 17.5 Å². The van der Waals surface area contributed by atoms with Gasteiger partial charge in [0.25, 0.3) is 0 Å². The number of benzene rings is 2. The van der Waals surface area contributed by atoms with E-state index < -0.39 is 11.6 Å². The largest absolute Gasteiger partial charge is 0.310 e. The van der Waals surface area contributed by atoms with Crippen molar-refractivity contribution in [3.63, 3.8) is 0 Å². The summed E-state index contributed by atoms with van der Waals surface area (Å²) in [4.78, 5) is 0. The lowest BCUT2D eigenvalue weighted by molar-refractivity contribution is 0.494. The average molecular weight is 293 g/mol. The highest BCUT2D eigenvalue weighted by atomic mass is 19.1. The molecule has 0 saturated heterocycles. The summed E-state index contributed by atoms with van der Waals surface area (Å²) >= 11 is 0. The number of nitrogens with one attached hydrogen (secondary N) is 1. The predicted molar refractivity (Wildman–Crippen MR) is 77.5 cm³/mol. The topological polar surface area (TPSA) is 12.0 Å². The first-order valence-electron chi connectivity index (χ1n) is 7.03. The number of rotatable bonds is 6. The second-order valence-corrected chi connectivity index (χ2v) is 5.01. The Labute approximate surface area is 122 Å². The molecule has 0 amide bonds. The van der Waals surface area contributed by atoms with Crippen LogP contribution < -0.4 is 5.32 Å². The van der Waals surface area contributed by atoms with Gasteiger partial charge in [-0.1, -0.05) is 25.1 Å². The minimum atomic E-state index is -0.618. The molecule has 0 aliphatic rings. The molecule has 0 aliphatic carbocycles. The third-order valence-corrected chi connectivity index (χ3v) is 3.28. The SMILES string of the molecule is CCCNC(Cc1cc(F)cc(F)c1)c1ccccc1F. The van der Waals surface area contributed by atoms with Crippen LogP contribution in [0, 0.1) is 17.5 Å². The standard InChI is InChI=1S/C17H18F3N/c1-2-7-21-17(15-5-3-4-6-16(15)20)10-12-8-13(18)11-14(19)9-12/h3-6,8-9,11,17,21H,2,7,10H2,1H3. The summed E-state index contributed by atoms with van der Waals surface area (Å²) < 4.78 is 40.5. The van der Waals surface area contributed by atoms with Crippen LogP contribution in [0.15, 0.2) is 42.5 Å². The average Bonchev–Trinajstić information content (AvgIpc) is 2.43. The van der Waals surface area contributed by atoms with Crippen molar-refractivity contribution >= 4 is 0 Å². The Balaban J connectivity index is 2.26. The van der Waals surface area contributed by atoms with E-state index in [1.165, 1.54) is 18.2 Å². The molecular weight excluding hydrogens is 275 g/mol. The van der Waals surface area contributed by atoms with E-state index >= 15 is 0 Å². The van der Waals surface area contributed by atoms with Crippen LogP contribution in [0.4, 0.5) is 13.2 Å². The molecule has 0 aromatic heterocycles. The minimum Gasteiger partial charge on any atom is -0.310 e. The van der Waals surface area contributed by atoms with Crippen LogP contribution in [0.1, 0.15) is 30.5 Å². The molecule has 2 aromatic rings. The van der Waals surface area contributed by atoms with Crippen molar-refractivity contribution in [2.45, 2.75) is 25.8 Å². The monoisotopic (exact) mass is 293 g/mol. The number of hydrogen-bond donors (Lipinski definition) is 1. The van der Waals surface area contributed by atoms with Crippen LogP contribution in [0.2, 0.25) is 0 Å². The summed E-state index contributed by atoms with van der Waals surface area (Å²) in [6.45, 7) is 2.71. The van der Waals surface area contributed by atoms with Crippen molar-refractivity contribution in [2.24, 2.45) is 0 Å². The maximum Gasteiger partial charge on any atom is 0.127 e. The van der Waals surface area contributed by atoms with E-state index in [4.69, 9.17) is 0 Å². The minimum absolute atomic E-state index is 0.313. The molecule has 1 unspecified atom stereocenters. The summed E-state index contributed by atoms with van der Waals surface area (Å²) in [6.07, 6.45) is 1.22. The van der Waals surface area contributed by atoms with Gasteiger partial charge >= 0.3 is 0 Å². The summed E-state index contributed by atoms with van der Waals surface area (Å²) in [5, 5.41) is 3.23. The van der Waals surface area contributed by atoms with E-state index in [1.807, 2.05) is 6.92 Å². The molecule has 2 aromatic carbocycles. The Bertz CT molecular complexity index is 578. The lowest BCUT2D eigenvalue weighted by Crippen LogP contribution is -2.25. The highest BCUT2D eigenvalue weighted by molar-refractivity contribution is 5.26. The molecule has 21 heavy (non-hydrogen) atoms. The molecular formula is C17H18F3N. The third-order valence-electron chi connectivity index (χ3n) is 3.28. The molecule has 1 N–H and O–H groups in total. The number of halogens is 3. The Morgan fingerprint density at radius 1 is 1.00 bits per heavy atom. The molecule has 0 radical (unpaired) electrons. The number of hydrogen-bond acceptors (Lipinski definition) is 1. The zero-order valence-corrected chi connectivity index (χ0v) is 11.9. The van der Waals surface area contributed by atoms with Crippen LogP contribution in [0.25, 0.3) is 0 Å². The molecule has 2 rings (SSSR count).